The number of H-pyrrole nitrogens is 1. The van der Waals surface area contributed by atoms with Crippen molar-refractivity contribution < 1.29 is 4.79 Å². The Kier molecular flexibility index (Phi) is 7.43. The molecule has 3 aromatic rings. The van der Waals surface area contributed by atoms with Crippen molar-refractivity contribution in [2.45, 2.75) is 31.2 Å². The van der Waals surface area contributed by atoms with Crippen molar-refractivity contribution >= 4 is 34.3 Å². The third-order valence-corrected chi connectivity index (χ3v) is 5.41. The quantitative estimate of drug-likeness (QED) is 0.524. The smallest absolute Gasteiger partial charge is 0.258 e. The number of carbonyl (C=O) groups excluding carboxylic acids is 1. The van der Waals surface area contributed by atoms with Crippen molar-refractivity contribution in [1.82, 2.24) is 14.9 Å². The Bertz CT molecular complexity index is 1030. The van der Waals surface area contributed by atoms with E-state index in [2.05, 4.69) is 22.2 Å². The minimum Gasteiger partial charge on any atom is -0.324 e. The van der Waals surface area contributed by atoms with Gasteiger partial charge in [-0.1, -0.05) is 37.6 Å². The second-order valence-electron chi connectivity index (χ2n) is 6.84. The molecule has 0 aliphatic rings. The fourth-order valence-electron chi connectivity index (χ4n) is 3.16. The van der Waals surface area contributed by atoms with Crippen LogP contribution in [0.3, 0.4) is 0 Å². The lowest BCUT2D eigenvalue weighted by Gasteiger charge is -2.21. The molecule has 152 valence electrons. The van der Waals surface area contributed by atoms with Gasteiger partial charge in [0.05, 0.1) is 29.7 Å². The van der Waals surface area contributed by atoms with E-state index < -0.39 is 0 Å². The minimum atomic E-state index is -0.153. The summed E-state index contributed by atoms with van der Waals surface area (Å²) >= 11 is 1.60. The Morgan fingerprint density at radius 2 is 1.93 bits per heavy atom. The van der Waals surface area contributed by atoms with Crippen LogP contribution in [-0.2, 0) is 11.3 Å². The molecule has 2 N–H and O–H groups in total. The minimum absolute atomic E-state index is 0.0780. The monoisotopic (exact) mass is 410 g/mol. The summed E-state index contributed by atoms with van der Waals surface area (Å²) in [7, 11) is 0. The van der Waals surface area contributed by atoms with Gasteiger partial charge in [0.1, 0.15) is 5.82 Å². The number of unbranched alkanes of at least 4 members (excludes halogenated alkanes) is 1. The third-order valence-electron chi connectivity index (χ3n) is 4.61. The van der Waals surface area contributed by atoms with E-state index in [1.165, 1.54) is 0 Å². The van der Waals surface area contributed by atoms with Crippen LogP contribution in [0.5, 0.6) is 0 Å². The van der Waals surface area contributed by atoms with Crippen molar-refractivity contribution in [2.24, 2.45) is 0 Å². The van der Waals surface area contributed by atoms with E-state index in [1.54, 1.807) is 17.8 Å². The van der Waals surface area contributed by atoms with Gasteiger partial charge >= 0.3 is 0 Å². The number of nitrogens with one attached hydrogen (secondary N) is 2. The fraction of sp³-hybridized carbons (Fsp3) is 0.318. The number of para-hydroxylation sites is 2. The van der Waals surface area contributed by atoms with Gasteiger partial charge in [0, 0.05) is 4.90 Å². The molecule has 0 unspecified atom stereocenters. The standard InChI is InChI=1S/C22H26N4O2S/c1-3-4-13-26(15-21(27)24-18-11-7-8-12-19(18)29-2)14-20-23-17-10-6-5-9-16(17)22(28)25-20/h5-12H,3-4,13-15H2,1-2H3,(H,24,27)(H,23,25,28). The first-order valence-corrected chi connectivity index (χ1v) is 11.0. The number of rotatable bonds is 9. The number of amides is 1. The van der Waals surface area contributed by atoms with Crippen LogP contribution in [-0.4, -0.2) is 40.1 Å². The van der Waals surface area contributed by atoms with Crippen molar-refractivity contribution in [3.8, 4) is 0 Å². The lowest BCUT2D eigenvalue weighted by molar-refractivity contribution is -0.117. The lowest BCUT2D eigenvalue weighted by Crippen LogP contribution is -2.34. The maximum atomic E-state index is 12.7. The second-order valence-corrected chi connectivity index (χ2v) is 7.69. The zero-order chi connectivity index (χ0) is 20.6. The van der Waals surface area contributed by atoms with Gasteiger partial charge in [0.25, 0.3) is 5.56 Å². The summed E-state index contributed by atoms with van der Waals surface area (Å²) in [5.41, 5.74) is 1.33. The molecule has 0 saturated heterocycles. The van der Waals surface area contributed by atoms with E-state index in [9.17, 15) is 9.59 Å². The first-order chi connectivity index (χ1) is 14.1. The van der Waals surface area contributed by atoms with Gasteiger partial charge < -0.3 is 10.3 Å². The summed E-state index contributed by atoms with van der Waals surface area (Å²) in [6.45, 7) is 3.52. The fourth-order valence-corrected chi connectivity index (χ4v) is 3.71. The first-order valence-electron chi connectivity index (χ1n) is 9.74. The molecule has 1 amide bonds. The number of thioether (sulfide) groups is 1. The Morgan fingerprint density at radius 1 is 1.17 bits per heavy atom. The number of hydrogen-bond acceptors (Lipinski definition) is 5. The molecule has 0 atom stereocenters. The largest absolute Gasteiger partial charge is 0.324 e. The van der Waals surface area contributed by atoms with Gasteiger partial charge in [0.15, 0.2) is 0 Å². The van der Waals surface area contributed by atoms with Gasteiger partial charge in [-0.2, -0.15) is 0 Å². The molecule has 0 saturated carbocycles. The van der Waals surface area contributed by atoms with Crippen molar-refractivity contribution in [2.75, 3.05) is 24.7 Å². The Morgan fingerprint density at radius 3 is 2.72 bits per heavy atom. The van der Waals surface area contributed by atoms with E-state index in [0.717, 1.165) is 30.0 Å². The van der Waals surface area contributed by atoms with E-state index in [0.29, 0.717) is 23.3 Å². The molecule has 0 aliphatic heterocycles. The third kappa shape index (κ3) is 5.68. The predicted octanol–water partition coefficient (Wildman–Crippen LogP) is 3.89. The van der Waals surface area contributed by atoms with E-state index in [-0.39, 0.29) is 18.0 Å². The molecule has 2 aromatic carbocycles. The van der Waals surface area contributed by atoms with E-state index in [1.807, 2.05) is 53.6 Å². The van der Waals surface area contributed by atoms with Gasteiger partial charge in [-0.3, -0.25) is 14.5 Å². The van der Waals surface area contributed by atoms with Gasteiger partial charge in [-0.25, -0.2) is 4.98 Å². The highest BCUT2D eigenvalue weighted by Gasteiger charge is 2.14. The Labute approximate surface area is 174 Å². The summed E-state index contributed by atoms with van der Waals surface area (Å²) in [6, 6.07) is 15.0. The summed E-state index contributed by atoms with van der Waals surface area (Å²) in [4.78, 5) is 35.5. The summed E-state index contributed by atoms with van der Waals surface area (Å²) < 4.78 is 0. The van der Waals surface area contributed by atoms with Crippen molar-refractivity contribution in [3.05, 3.63) is 64.7 Å². The number of aromatic nitrogens is 2. The first kappa shape index (κ1) is 21.1. The molecule has 0 bridgehead atoms. The number of fused-ring (bicyclic) bond motifs is 1. The average Bonchev–Trinajstić information content (AvgIpc) is 2.72. The molecular formula is C22H26N4O2S. The lowest BCUT2D eigenvalue weighted by atomic mass is 10.2. The molecule has 1 heterocycles. The van der Waals surface area contributed by atoms with E-state index in [4.69, 9.17) is 0 Å². The molecule has 6 nitrogen and oxygen atoms in total. The molecule has 3 rings (SSSR count). The van der Waals surface area contributed by atoms with Crippen LogP contribution < -0.4 is 10.9 Å². The van der Waals surface area contributed by atoms with Crippen LogP contribution in [0.15, 0.2) is 58.2 Å². The molecule has 0 aliphatic carbocycles. The number of carbonyl (C=O) groups is 1. The van der Waals surface area contributed by atoms with Gasteiger partial charge in [-0.15, -0.1) is 11.8 Å². The van der Waals surface area contributed by atoms with Gasteiger partial charge in [0.2, 0.25) is 5.91 Å². The number of aromatic amines is 1. The number of hydrogen-bond donors (Lipinski definition) is 2. The van der Waals surface area contributed by atoms with Crippen LogP contribution in [0.2, 0.25) is 0 Å². The van der Waals surface area contributed by atoms with E-state index >= 15 is 0 Å². The molecule has 0 fully saturated rings. The number of benzene rings is 2. The van der Waals surface area contributed by atoms with Crippen LogP contribution in [0.25, 0.3) is 10.9 Å². The molecule has 0 radical (unpaired) electrons. The molecule has 29 heavy (non-hydrogen) atoms. The zero-order valence-corrected chi connectivity index (χ0v) is 17.6. The van der Waals surface area contributed by atoms with Crippen LogP contribution in [0.4, 0.5) is 5.69 Å². The predicted molar refractivity (Wildman–Crippen MR) is 119 cm³/mol. The Balaban J connectivity index is 1.74. The molecule has 7 heteroatoms. The molecule has 0 spiro atoms. The highest BCUT2D eigenvalue weighted by Crippen LogP contribution is 2.24. The van der Waals surface area contributed by atoms with Crippen LogP contribution >= 0.6 is 11.8 Å². The summed E-state index contributed by atoms with van der Waals surface area (Å²) in [5.74, 6) is 0.493. The van der Waals surface area contributed by atoms with Crippen LogP contribution in [0, 0.1) is 0 Å². The zero-order valence-electron chi connectivity index (χ0n) is 16.8. The highest BCUT2D eigenvalue weighted by atomic mass is 32.2. The highest BCUT2D eigenvalue weighted by molar-refractivity contribution is 7.98. The maximum absolute atomic E-state index is 12.7. The number of nitrogens with zero attached hydrogens (tertiary/aromatic N) is 2. The molecule has 1 aromatic heterocycles. The second kappa shape index (κ2) is 10.2. The topological polar surface area (TPSA) is 78.1 Å². The number of anilines is 1. The summed E-state index contributed by atoms with van der Waals surface area (Å²) in [5, 5.41) is 3.57. The van der Waals surface area contributed by atoms with Crippen molar-refractivity contribution in [3.63, 3.8) is 0 Å². The van der Waals surface area contributed by atoms with Crippen LogP contribution in [0.1, 0.15) is 25.6 Å². The van der Waals surface area contributed by atoms with Crippen molar-refractivity contribution in [1.29, 1.82) is 0 Å². The Hall–Kier alpha value is -2.64. The average molecular weight is 411 g/mol. The van der Waals surface area contributed by atoms with Gasteiger partial charge in [-0.05, 0) is 43.5 Å². The maximum Gasteiger partial charge on any atom is 0.258 e. The normalized spacial score (nSPS) is 11.1. The SMILES string of the molecule is CCCCN(CC(=O)Nc1ccccc1SC)Cc1nc2ccccc2c(=O)[nH]1. The molecular weight excluding hydrogens is 384 g/mol. The summed E-state index contributed by atoms with van der Waals surface area (Å²) in [6.07, 6.45) is 3.97.